The molecule has 0 saturated carbocycles. The zero-order valence-electron chi connectivity index (χ0n) is 12.0. The minimum Gasteiger partial charge on any atom is -0.394 e. The summed E-state index contributed by atoms with van der Waals surface area (Å²) in [7, 11) is 0. The van der Waals surface area contributed by atoms with Gasteiger partial charge in [-0.3, -0.25) is 4.79 Å². The summed E-state index contributed by atoms with van der Waals surface area (Å²) in [5, 5.41) is 16.0. The Bertz CT molecular complexity index is 261. The van der Waals surface area contributed by atoms with Crippen LogP contribution in [0.5, 0.6) is 0 Å². The van der Waals surface area contributed by atoms with E-state index in [0.29, 0.717) is 0 Å². The van der Waals surface area contributed by atoms with Crippen LogP contribution < -0.4 is 10.6 Å². The van der Waals surface area contributed by atoms with Gasteiger partial charge in [-0.25, -0.2) is 0 Å². The molecular formula is C14H28N2O2. The van der Waals surface area contributed by atoms with Crippen molar-refractivity contribution in [2.45, 2.75) is 70.4 Å². The number of aliphatic hydroxyl groups excluding tert-OH is 1. The molecule has 0 spiro atoms. The normalized spacial score (nSPS) is 24.2. The highest BCUT2D eigenvalue weighted by atomic mass is 16.3. The number of hydrogen-bond donors (Lipinski definition) is 3. The molecule has 1 unspecified atom stereocenters. The zero-order chi connectivity index (χ0) is 13.6. The fourth-order valence-corrected chi connectivity index (χ4v) is 2.80. The predicted molar refractivity (Wildman–Crippen MR) is 73.4 cm³/mol. The van der Waals surface area contributed by atoms with Crippen LogP contribution >= 0.6 is 0 Å². The maximum Gasteiger partial charge on any atom is 0.240 e. The third kappa shape index (κ3) is 3.04. The highest BCUT2D eigenvalue weighted by Gasteiger charge is 2.42. The van der Waals surface area contributed by atoms with E-state index in [1.54, 1.807) is 0 Å². The third-order valence-electron chi connectivity index (χ3n) is 4.39. The van der Waals surface area contributed by atoms with Crippen LogP contribution in [0.15, 0.2) is 0 Å². The van der Waals surface area contributed by atoms with Gasteiger partial charge in [0.1, 0.15) is 0 Å². The largest absolute Gasteiger partial charge is 0.394 e. The highest BCUT2D eigenvalue weighted by molar-refractivity contribution is 5.87. The standard InChI is InChI=1S/C14H28N2O2/c1-4-8-14(9-7-10-15-14)12(18)16-13(5-2,6-3)11-17/h15,17H,4-11H2,1-3H3,(H,16,18). The number of amides is 1. The van der Waals surface area contributed by atoms with Crippen molar-refractivity contribution >= 4 is 5.91 Å². The molecule has 0 radical (unpaired) electrons. The molecule has 1 rings (SSSR count). The average Bonchev–Trinajstić information content (AvgIpc) is 2.86. The molecule has 1 saturated heterocycles. The molecule has 106 valence electrons. The summed E-state index contributed by atoms with van der Waals surface area (Å²) in [6.45, 7) is 7.04. The molecule has 1 aliphatic rings. The van der Waals surface area contributed by atoms with Crippen LogP contribution in [0.4, 0.5) is 0 Å². The van der Waals surface area contributed by atoms with Crippen molar-refractivity contribution in [3.63, 3.8) is 0 Å². The van der Waals surface area contributed by atoms with E-state index >= 15 is 0 Å². The summed E-state index contributed by atoms with van der Waals surface area (Å²) < 4.78 is 0. The van der Waals surface area contributed by atoms with Crippen molar-refractivity contribution < 1.29 is 9.90 Å². The van der Waals surface area contributed by atoms with Gasteiger partial charge in [0.25, 0.3) is 0 Å². The molecule has 1 fully saturated rings. The topological polar surface area (TPSA) is 61.4 Å². The van der Waals surface area contributed by atoms with E-state index in [1.165, 1.54) is 0 Å². The molecule has 0 bridgehead atoms. The van der Waals surface area contributed by atoms with E-state index < -0.39 is 11.1 Å². The summed E-state index contributed by atoms with van der Waals surface area (Å²) in [5.41, 5.74) is -0.860. The fraction of sp³-hybridized carbons (Fsp3) is 0.929. The molecule has 0 aliphatic carbocycles. The minimum absolute atomic E-state index is 0.00788. The van der Waals surface area contributed by atoms with Gasteiger partial charge in [-0.1, -0.05) is 27.2 Å². The smallest absolute Gasteiger partial charge is 0.240 e. The third-order valence-corrected chi connectivity index (χ3v) is 4.39. The van der Waals surface area contributed by atoms with Gasteiger partial charge in [0.2, 0.25) is 5.91 Å². The Morgan fingerprint density at radius 3 is 2.44 bits per heavy atom. The van der Waals surface area contributed by atoms with Gasteiger partial charge in [-0.2, -0.15) is 0 Å². The van der Waals surface area contributed by atoms with Crippen molar-refractivity contribution in [2.75, 3.05) is 13.2 Å². The molecule has 0 aromatic carbocycles. The van der Waals surface area contributed by atoms with Crippen LogP contribution in [0.3, 0.4) is 0 Å². The van der Waals surface area contributed by atoms with Gasteiger partial charge < -0.3 is 15.7 Å². The molecular weight excluding hydrogens is 228 g/mol. The van der Waals surface area contributed by atoms with Crippen LogP contribution in [0.25, 0.3) is 0 Å². The number of nitrogens with one attached hydrogen (secondary N) is 2. The van der Waals surface area contributed by atoms with Gasteiger partial charge in [-0.05, 0) is 38.6 Å². The second-order valence-electron chi connectivity index (χ2n) is 5.46. The molecule has 1 aliphatic heterocycles. The Balaban J connectivity index is 2.78. The van der Waals surface area contributed by atoms with Crippen LogP contribution in [-0.4, -0.2) is 35.2 Å². The Morgan fingerprint density at radius 1 is 1.39 bits per heavy atom. The zero-order valence-corrected chi connectivity index (χ0v) is 12.0. The molecule has 4 heteroatoms. The lowest BCUT2D eigenvalue weighted by Gasteiger charge is -2.36. The first-order valence-corrected chi connectivity index (χ1v) is 7.26. The molecule has 1 heterocycles. The van der Waals surface area contributed by atoms with E-state index in [1.807, 2.05) is 13.8 Å². The lowest BCUT2D eigenvalue weighted by atomic mass is 9.87. The fourth-order valence-electron chi connectivity index (χ4n) is 2.80. The quantitative estimate of drug-likeness (QED) is 0.648. The summed E-state index contributed by atoms with van der Waals surface area (Å²) in [5.74, 6) is 0.0691. The van der Waals surface area contributed by atoms with Crippen molar-refractivity contribution in [1.82, 2.24) is 10.6 Å². The monoisotopic (exact) mass is 256 g/mol. The number of carbonyl (C=O) groups is 1. The van der Waals surface area contributed by atoms with Crippen LogP contribution in [0.1, 0.15) is 59.3 Å². The van der Waals surface area contributed by atoms with Crippen molar-refractivity contribution in [3.05, 3.63) is 0 Å². The molecule has 3 N–H and O–H groups in total. The summed E-state index contributed by atoms with van der Waals surface area (Å²) in [6, 6.07) is 0. The first kappa shape index (κ1) is 15.4. The summed E-state index contributed by atoms with van der Waals surface area (Å²) in [6.07, 6.45) is 5.33. The molecule has 1 amide bonds. The van der Waals surface area contributed by atoms with Crippen LogP contribution in [0.2, 0.25) is 0 Å². The van der Waals surface area contributed by atoms with E-state index in [9.17, 15) is 9.90 Å². The van der Waals surface area contributed by atoms with E-state index in [-0.39, 0.29) is 12.5 Å². The number of aliphatic hydroxyl groups is 1. The maximum atomic E-state index is 12.6. The van der Waals surface area contributed by atoms with Crippen LogP contribution in [-0.2, 0) is 4.79 Å². The Kier molecular flexibility index (Phi) is 5.60. The Morgan fingerprint density at radius 2 is 2.06 bits per heavy atom. The van der Waals surface area contributed by atoms with Gasteiger partial charge >= 0.3 is 0 Å². The average molecular weight is 256 g/mol. The Hall–Kier alpha value is -0.610. The second-order valence-corrected chi connectivity index (χ2v) is 5.46. The maximum absolute atomic E-state index is 12.6. The molecule has 0 aromatic heterocycles. The number of carbonyl (C=O) groups excluding carboxylic acids is 1. The molecule has 1 atom stereocenters. The lowest BCUT2D eigenvalue weighted by Crippen LogP contribution is -2.61. The summed E-state index contributed by atoms with van der Waals surface area (Å²) >= 11 is 0. The first-order chi connectivity index (χ1) is 8.58. The van der Waals surface area contributed by atoms with Gasteiger partial charge in [0.05, 0.1) is 17.7 Å². The van der Waals surface area contributed by atoms with E-state index in [0.717, 1.165) is 45.1 Å². The van der Waals surface area contributed by atoms with E-state index in [2.05, 4.69) is 17.6 Å². The minimum atomic E-state index is -0.456. The van der Waals surface area contributed by atoms with Gasteiger partial charge in [-0.15, -0.1) is 0 Å². The molecule has 18 heavy (non-hydrogen) atoms. The second kappa shape index (κ2) is 6.53. The molecule has 0 aromatic rings. The predicted octanol–water partition coefficient (Wildman–Crippen LogP) is 1.58. The summed E-state index contributed by atoms with van der Waals surface area (Å²) in [4.78, 5) is 12.6. The van der Waals surface area contributed by atoms with Crippen LogP contribution in [0, 0.1) is 0 Å². The van der Waals surface area contributed by atoms with Gasteiger partial charge in [0.15, 0.2) is 0 Å². The highest BCUT2D eigenvalue weighted by Crippen LogP contribution is 2.26. The first-order valence-electron chi connectivity index (χ1n) is 7.26. The Labute approximate surface area is 111 Å². The SMILES string of the molecule is CCCC1(C(=O)NC(CC)(CC)CO)CCCN1. The van der Waals surface area contributed by atoms with E-state index in [4.69, 9.17) is 0 Å². The van der Waals surface area contributed by atoms with Crippen molar-refractivity contribution in [1.29, 1.82) is 0 Å². The number of rotatable bonds is 7. The van der Waals surface area contributed by atoms with Crippen molar-refractivity contribution in [2.24, 2.45) is 0 Å². The number of hydrogen-bond acceptors (Lipinski definition) is 3. The molecule has 4 nitrogen and oxygen atoms in total. The lowest BCUT2D eigenvalue weighted by molar-refractivity contribution is -0.130. The van der Waals surface area contributed by atoms with Gasteiger partial charge in [0, 0.05) is 0 Å². The van der Waals surface area contributed by atoms with Crippen molar-refractivity contribution in [3.8, 4) is 0 Å².